The molecule has 0 spiro atoms. The van der Waals surface area contributed by atoms with Gasteiger partial charge < -0.3 is 18.7 Å². The summed E-state index contributed by atoms with van der Waals surface area (Å²) in [6.07, 6.45) is 8.78. The summed E-state index contributed by atoms with van der Waals surface area (Å²) in [5.74, 6) is 2.30. The van der Waals surface area contributed by atoms with Crippen molar-refractivity contribution in [3.8, 4) is 17.2 Å². The normalized spacial score (nSPS) is 23.7. The Hall–Kier alpha value is -2.27. The van der Waals surface area contributed by atoms with Crippen molar-refractivity contribution in [2.24, 2.45) is 5.41 Å². The van der Waals surface area contributed by atoms with Crippen molar-refractivity contribution in [1.82, 2.24) is 0 Å². The van der Waals surface area contributed by atoms with E-state index >= 15 is 0 Å². The number of nitrogens with zero attached hydrogens (tertiary/aromatic N) is 1. The van der Waals surface area contributed by atoms with Crippen LogP contribution in [0.1, 0.15) is 63.6 Å². The maximum absolute atomic E-state index is 13.2. The highest BCUT2D eigenvalue weighted by atomic mass is 16.7. The quantitative estimate of drug-likeness (QED) is 0.483. The van der Waals surface area contributed by atoms with Gasteiger partial charge in [0.25, 0.3) is 0 Å². The summed E-state index contributed by atoms with van der Waals surface area (Å²) in [7, 11) is 6.07. The van der Waals surface area contributed by atoms with Crippen molar-refractivity contribution < 1.29 is 23.5 Å². The van der Waals surface area contributed by atoms with Gasteiger partial charge in [0, 0.05) is 6.42 Å². The molecule has 2 heterocycles. The average Bonchev–Trinajstić information content (AvgIpc) is 3.16. The van der Waals surface area contributed by atoms with Gasteiger partial charge in [-0.05, 0) is 54.9 Å². The first-order chi connectivity index (χ1) is 14.6. The van der Waals surface area contributed by atoms with Gasteiger partial charge in [-0.2, -0.15) is 0 Å². The summed E-state index contributed by atoms with van der Waals surface area (Å²) >= 11 is 0. The number of hydrogen-bond donors (Lipinski definition) is 0. The van der Waals surface area contributed by atoms with Crippen molar-refractivity contribution in [3.05, 3.63) is 40.5 Å². The molecule has 1 aliphatic carbocycles. The summed E-state index contributed by atoms with van der Waals surface area (Å²) in [4.78, 5) is 13.2. The Morgan fingerprint density at radius 3 is 2.77 bits per heavy atom. The lowest BCUT2D eigenvalue weighted by molar-refractivity contribution is -0.922. The minimum absolute atomic E-state index is 0.0137. The Morgan fingerprint density at radius 1 is 1.29 bits per heavy atom. The second kappa shape index (κ2) is 8.01. The molecule has 0 saturated carbocycles. The lowest BCUT2D eigenvalue weighted by Gasteiger charge is -2.43. The number of likely N-dealkylation sites (N-methyl/N-ethyl adjacent to an activating group) is 1. The molecule has 1 aromatic rings. The molecule has 0 bridgehead atoms. The van der Waals surface area contributed by atoms with Crippen molar-refractivity contribution >= 4 is 5.78 Å². The largest absolute Gasteiger partial charge is 0.492 e. The third kappa shape index (κ3) is 4.00. The molecule has 5 nitrogen and oxygen atoms in total. The molecule has 2 aliphatic heterocycles. The van der Waals surface area contributed by atoms with Crippen molar-refractivity contribution in [2.45, 2.75) is 58.9 Å². The highest BCUT2D eigenvalue weighted by Crippen LogP contribution is 2.51. The molecule has 31 heavy (non-hydrogen) atoms. The van der Waals surface area contributed by atoms with Crippen LogP contribution in [0, 0.1) is 5.41 Å². The standard InChI is InChI=1S/C26H36NO4/c1-17-8-7-12-26(2,3)20(17)10-9-19(28)15-21-23-18(11-13-27(21,4)5)14-22-24(25(23)29-6)31-16-30-22/h9-10,14,21H,7-8,11-13,15-16H2,1-6H3/q+1. The van der Waals surface area contributed by atoms with E-state index in [1.165, 1.54) is 29.6 Å². The Morgan fingerprint density at radius 2 is 2.06 bits per heavy atom. The topological polar surface area (TPSA) is 44.8 Å². The SMILES string of the molecule is COc1c2c(cc3c1C(CC(=O)C=CC1=C(C)CCCC1(C)C)[N+](C)(C)CC3)OCO2. The van der Waals surface area contributed by atoms with E-state index in [-0.39, 0.29) is 24.0 Å². The zero-order valence-electron chi connectivity index (χ0n) is 19.8. The molecule has 0 saturated heterocycles. The molecule has 5 heteroatoms. The minimum Gasteiger partial charge on any atom is -0.492 e. The van der Waals surface area contributed by atoms with Crippen LogP contribution in [-0.4, -0.2) is 44.8 Å². The lowest BCUT2D eigenvalue weighted by Crippen LogP contribution is -2.48. The average molecular weight is 427 g/mol. The molecule has 0 fully saturated rings. The Balaban J connectivity index is 1.65. The number of ether oxygens (including phenoxy) is 3. The van der Waals surface area contributed by atoms with Crippen LogP contribution >= 0.6 is 0 Å². The van der Waals surface area contributed by atoms with Crippen molar-refractivity contribution in [2.75, 3.05) is 34.5 Å². The van der Waals surface area contributed by atoms with Gasteiger partial charge in [0.05, 0.1) is 39.7 Å². The Bertz CT molecular complexity index is 955. The smallest absolute Gasteiger partial charge is 0.231 e. The molecular weight excluding hydrogens is 390 g/mol. The van der Waals surface area contributed by atoms with Crippen molar-refractivity contribution in [3.63, 3.8) is 0 Å². The van der Waals surface area contributed by atoms with Gasteiger partial charge in [0.2, 0.25) is 12.5 Å². The second-order valence-electron chi connectivity index (χ2n) is 10.4. The van der Waals surface area contributed by atoms with Crippen LogP contribution in [0.25, 0.3) is 0 Å². The third-order valence-electron chi connectivity index (χ3n) is 7.46. The number of hydrogen-bond acceptors (Lipinski definition) is 4. The lowest BCUT2D eigenvalue weighted by atomic mass is 9.72. The van der Waals surface area contributed by atoms with E-state index in [1.54, 1.807) is 13.2 Å². The predicted molar refractivity (Wildman–Crippen MR) is 122 cm³/mol. The molecule has 0 aromatic heterocycles. The van der Waals surface area contributed by atoms with E-state index in [2.05, 4.69) is 47.0 Å². The zero-order valence-corrected chi connectivity index (χ0v) is 19.8. The van der Waals surface area contributed by atoms with Crippen LogP contribution in [0.15, 0.2) is 29.4 Å². The van der Waals surface area contributed by atoms with Crippen LogP contribution in [0.4, 0.5) is 0 Å². The van der Waals surface area contributed by atoms with E-state index in [0.717, 1.165) is 40.9 Å². The van der Waals surface area contributed by atoms with E-state index in [1.807, 2.05) is 0 Å². The predicted octanol–water partition coefficient (Wildman–Crippen LogP) is 5.14. The van der Waals surface area contributed by atoms with Gasteiger partial charge in [0.15, 0.2) is 17.3 Å². The monoisotopic (exact) mass is 426 g/mol. The van der Waals surface area contributed by atoms with Gasteiger partial charge >= 0.3 is 0 Å². The van der Waals surface area contributed by atoms with E-state index in [0.29, 0.717) is 12.2 Å². The van der Waals surface area contributed by atoms with Crippen LogP contribution in [0.2, 0.25) is 0 Å². The number of ketones is 1. The fraction of sp³-hybridized carbons (Fsp3) is 0.577. The number of carbonyl (C=O) groups excluding carboxylic acids is 1. The maximum atomic E-state index is 13.2. The molecule has 168 valence electrons. The molecule has 0 N–H and O–H groups in total. The fourth-order valence-electron chi connectivity index (χ4n) is 5.56. The molecule has 4 rings (SSSR count). The van der Waals surface area contributed by atoms with Gasteiger partial charge in [-0.15, -0.1) is 0 Å². The number of benzene rings is 1. The zero-order chi connectivity index (χ0) is 22.4. The number of rotatable bonds is 5. The van der Waals surface area contributed by atoms with E-state index in [9.17, 15) is 4.79 Å². The molecule has 1 atom stereocenters. The summed E-state index contributed by atoms with van der Waals surface area (Å²) in [6.45, 7) is 7.95. The van der Waals surface area contributed by atoms with E-state index < -0.39 is 0 Å². The first kappa shape index (κ1) is 21.9. The van der Waals surface area contributed by atoms with Crippen LogP contribution in [0.3, 0.4) is 0 Å². The fourth-order valence-corrected chi connectivity index (χ4v) is 5.56. The van der Waals surface area contributed by atoms with Gasteiger partial charge in [0.1, 0.15) is 6.04 Å². The van der Waals surface area contributed by atoms with Crippen LogP contribution < -0.4 is 14.2 Å². The molecule has 0 radical (unpaired) electrons. The third-order valence-corrected chi connectivity index (χ3v) is 7.46. The minimum atomic E-state index is 0.0137. The van der Waals surface area contributed by atoms with Crippen LogP contribution in [-0.2, 0) is 11.2 Å². The first-order valence-corrected chi connectivity index (χ1v) is 11.4. The number of carbonyl (C=O) groups is 1. The number of quaternary nitrogens is 1. The Kier molecular flexibility index (Phi) is 5.67. The number of methoxy groups -OCH3 is 1. The Labute approximate surface area is 186 Å². The number of fused-ring (bicyclic) bond motifs is 2. The van der Waals surface area contributed by atoms with Gasteiger partial charge in [-0.25, -0.2) is 0 Å². The summed E-state index contributed by atoms with van der Waals surface area (Å²) in [6, 6.07) is 2.09. The summed E-state index contributed by atoms with van der Waals surface area (Å²) < 4.78 is 17.9. The summed E-state index contributed by atoms with van der Waals surface area (Å²) in [5, 5.41) is 0. The molecule has 1 unspecified atom stereocenters. The highest BCUT2D eigenvalue weighted by Gasteiger charge is 2.42. The van der Waals surface area contributed by atoms with E-state index in [4.69, 9.17) is 14.2 Å². The van der Waals surface area contributed by atoms with Gasteiger partial charge in [-0.1, -0.05) is 25.5 Å². The maximum Gasteiger partial charge on any atom is 0.231 e. The summed E-state index contributed by atoms with van der Waals surface area (Å²) in [5.41, 5.74) is 5.16. The highest BCUT2D eigenvalue weighted by molar-refractivity contribution is 5.90. The molecule has 1 aromatic carbocycles. The van der Waals surface area contributed by atoms with Crippen molar-refractivity contribution in [1.29, 1.82) is 0 Å². The number of allylic oxidation sites excluding steroid dienone is 4. The molecule has 0 amide bonds. The van der Waals surface area contributed by atoms with Crippen LogP contribution in [0.5, 0.6) is 17.2 Å². The molecule has 3 aliphatic rings. The second-order valence-corrected chi connectivity index (χ2v) is 10.4. The van der Waals surface area contributed by atoms with Gasteiger partial charge in [-0.3, -0.25) is 4.79 Å². The first-order valence-electron chi connectivity index (χ1n) is 11.4. The molecular formula is C26H36NO4+.